The first-order valence-electron chi connectivity index (χ1n) is 10.7. The molecule has 160 valence electrons. The number of benzene rings is 2. The molecule has 0 spiro atoms. The van der Waals surface area contributed by atoms with Gasteiger partial charge in [0.2, 0.25) is 5.91 Å². The van der Waals surface area contributed by atoms with E-state index in [1.165, 1.54) is 11.1 Å². The van der Waals surface area contributed by atoms with Gasteiger partial charge in [-0.25, -0.2) is 9.97 Å². The minimum atomic E-state index is -0.122. The van der Waals surface area contributed by atoms with Crippen molar-refractivity contribution in [1.82, 2.24) is 9.97 Å². The van der Waals surface area contributed by atoms with Crippen LogP contribution in [0.25, 0.3) is 0 Å². The van der Waals surface area contributed by atoms with Crippen molar-refractivity contribution in [3.05, 3.63) is 71.5 Å². The fraction of sp³-hybridized carbons (Fsp3) is 0.320. The first-order valence-corrected chi connectivity index (χ1v) is 10.7. The van der Waals surface area contributed by atoms with E-state index < -0.39 is 0 Å². The largest absolute Gasteiger partial charge is 0.436 e. The normalized spacial score (nSPS) is 16.1. The maximum atomic E-state index is 13.0. The van der Waals surface area contributed by atoms with Crippen molar-refractivity contribution < 1.29 is 9.53 Å². The fourth-order valence-electron chi connectivity index (χ4n) is 3.83. The van der Waals surface area contributed by atoms with E-state index in [4.69, 9.17) is 4.74 Å². The molecule has 1 fully saturated rings. The van der Waals surface area contributed by atoms with E-state index in [9.17, 15) is 4.79 Å². The van der Waals surface area contributed by atoms with Crippen molar-refractivity contribution in [2.24, 2.45) is 5.92 Å². The van der Waals surface area contributed by atoms with Crippen LogP contribution in [0, 0.1) is 26.7 Å². The highest BCUT2D eigenvalue weighted by Crippen LogP contribution is 2.32. The Morgan fingerprint density at radius 1 is 1.03 bits per heavy atom. The fourth-order valence-corrected chi connectivity index (χ4v) is 3.83. The molecular weight excluding hydrogens is 388 g/mol. The van der Waals surface area contributed by atoms with E-state index in [0.717, 1.165) is 36.4 Å². The number of nitrogens with zero attached hydrogens (tertiary/aromatic N) is 3. The average Bonchev–Trinajstić information content (AvgIpc) is 2.78. The Hall–Kier alpha value is -3.41. The van der Waals surface area contributed by atoms with Gasteiger partial charge in [0.25, 0.3) is 5.88 Å². The number of hydrogen-bond acceptors (Lipinski definition) is 5. The molecule has 0 bridgehead atoms. The molecule has 0 radical (unpaired) electrons. The molecule has 6 heteroatoms. The maximum Gasteiger partial charge on any atom is 0.263 e. The Bertz CT molecular complexity index is 1080. The van der Waals surface area contributed by atoms with Crippen LogP contribution in [0.15, 0.2) is 54.9 Å². The molecule has 0 saturated carbocycles. The second kappa shape index (κ2) is 9.16. The number of hydrogen-bond donors (Lipinski definition) is 1. The predicted octanol–water partition coefficient (Wildman–Crippen LogP) is 5.05. The first kappa shape index (κ1) is 20.8. The van der Waals surface area contributed by atoms with E-state index in [-0.39, 0.29) is 11.8 Å². The number of nitrogens with one attached hydrogen (secondary N) is 1. The van der Waals surface area contributed by atoms with Gasteiger partial charge in [-0.1, -0.05) is 24.3 Å². The molecule has 6 nitrogen and oxygen atoms in total. The van der Waals surface area contributed by atoms with Crippen LogP contribution >= 0.6 is 0 Å². The number of anilines is 2. The number of para-hydroxylation sites is 1. The standard InChI is InChI=1S/C25H28N4O2/c1-17-10-11-21(15-19(17)3)28-24(30)20-8-6-14-29(16-20)23-25(27-13-12-26-23)31-22-9-5-4-7-18(22)2/h4-5,7,9-13,15,20H,6,8,14,16H2,1-3H3,(H,28,30)/t20-/m1/s1. The molecule has 1 atom stereocenters. The minimum Gasteiger partial charge on any atom is -0.436 e. The predicted molar refractivity (Wildman–Crippen MR) is 123 cm³/mol. The highest BCUT2D eigenvalue weighted by molar-refractivity contribution is 5.93. The summed E-state index contributed by atoms with van der Waals surface area (Å²) < 4.78 is 6.09. The first-order chi connectivity index (χ1) is 15.0. The summed E-state index contributed by atoms with van der Waals surface area (Å²) in [5, 5.41) is 3.08. The molecule has 1 N–H and O–H groups in total. The Morgan fingerprint density at radius 3 is 2.65 bits per heavy atom. The second-order valence-corrected chi connectivity index (χ2v) is 8.13. The molecule has 1 aliphatic heterocycles. The van der Waals surface area contributed by atoms with Crippen molar-refractivity contribution in [3.63, 3.8) is 0 Å². The maximum absolute atomic E-state index is 13.0. The molecule has 0 unspecified atom stereocenters. The van der Waals surface area contributed by atoms with Gasteiger partial charge < -0.3 is 15.0 Å². The van der Waals surface area contributed by atoms with Gasteiger partial charge in [0.15, 0.2) is 5.82 Å². The summed E-state index contributed by atoms with van der Waals surface area (Å²) in [6, 6.07) is 13.8. The van der Waals surface area contributed by atoms with Gasteiger partial charge in [0.1, 0.15) is 5.75 Å². The lowest BCUT2D eigenvalue weighted by molar-refractivity contribution is -0.120. The molecule has 1 aromatic heterocycles. The van der Waals surface area contributed by atoms with Crippen LogP contribution in [0.3, 0.4) is 0 Å². The van der Waals surface area contributed by atoms with Gasteiger partial charge in [-0.2, -0.15) is 0 Å². The number of ether oxygens (including phenoxy) is 1. The lowest BCUT2D eigenvalue weighted by Gasteiger charge is -2.33. The number of amides is 1. The Morgan fingerprint density at radius 2 is 1.84 bits per heavy atom. The van der Waals surface area contributed by atoms with Crippen LogP contribution in [-0.4, -0.2) is 29.0 Å². The van der Waals surface area contributed by atoms with Crippen LogP contribution in [0.4, 0.5) is 11.5 Å². The number of aromatic nitrogens is 2. The van der Waals surface area contributed by atoms with Gasteiger partial charge in [-0.3, -0.25) is 4.79 Å². The minimum absolute atomic E-state index is 0.0400. The third kappa shape index (κ3) is 4.85. The quantitative estimate of drug-likeness (QED) is 0.630. The topological polar surface area (TPSA) is 67.4 Å². The zero-order valence-corrected chi connectivity index (χ0v) is 18.3. The highest BCUT2D eigenvalue weighted by Gasteiger charge is 2.28. The Kier molecular flexibility index (Phi) is 6.16. The Labute approximate surface area is 183 Å². The summed E-state index contributed by atoms with van der Waals surface area (Å²) in [7, 11) is 0. The molecule has 0 aliphatic carbocycles. The summed E-state index contributed by atoms with van der Waals surface area (Å²) in [6.45, 7) is 7.52. The van der Waals surface area contributed by atoms with Crippen LogP contribution in [-0.2, 0) is 4.79 Å². The summed E-state index contributed by atoms with van der Waals surface area (Å²) in [5.41, 5.74) is 4.25. The highest BCUT2D eigenvalue weighted by atomic mass is 16.5. The molecule has 1 amide bonds. The van der Waals surface area contributed by atoms with Gasteiger partial charge in [0.05, 0.1) is 5.92 Å². The van der Waals surface area contributed by atoms with Crippen molar-refractivity contribution in [1.29, 1.82) is 0 Å². The molecule has 1 aliphatic rings. The average molecular weight is 417 g/mol. The van der Waals surface area contributed by atoms with Gasteiger partial charge in [-0.05, 0) is 68.5 Å². The molecule has 3 aromatic rings. The van der Waals surface area contributed by atoms with Crippen molar-refractivity contribution >= 4 is 17.4 Å². The van der Waals surface area contributed by atoms with E-state index in [1.807, 2.05) is 49.4 Å². The third-order valence-electron chi connectivity index (χ3n) is 5.81. The van der Waals surface area contributed by atoms with Crippen LogP contribution in [0.2, 0.25) is 0 Å². The van der Waals surface area contributed by atoms with E-state index in [2.05, 4.69) is 34.0 Å². The van der Waals surface area contributed by atoms with Gasteiger partial charge in [-0.15, -0.1) is 0 Å². The number of piperidine rings is 1. The van der Waals surface area contributed by atoms with Crippen molar-refractivity contribution in [2.75, 3.05) is 23.3 Å². The zero-order chi connectivity index (χ0) is 21.8. The second-order valence-electron chi connectivity index (χ2n) is 8.13. The lowest BCUT2D eigenvalue weighted by Crippen LogP contribution is -2.41. The smallest absolute Gasteiger partial charge is 0.263 e. The molecule has 1 saturated heterocycles. The van der Waals surface area contributed by atoms with Gasteiger partial charge in [0, 0.05) is 31.2 Å². The van der Waals surface area contributed by atoms with E-state index in [0.29, 0.717) is 18.2 Å². The number of carbonyl (C=O) groups excluding carboxylic acids is 1. The number of rotatable bonds is 5. The van der Waals surface area contributed by atoms with Crippen LogP contribution in [0.1, 0.15) is 29.5 Å². The van der Waals surface area contributed by atoms with Crippen LogP contribution < -0.4 is 15.0 Å². The molecule has 4 rings (SSSR count). The summed E-state index contributed by atoms with van der Waals surface area (Å²) in [4.78, 5) is 24.0. The van der Waals surface area contributed by atoms with Crippen molar-refractivity contribution in [2.45, 2.75) is 33.6 Å². The van der Waals surface area contributed by atoms with Crippen molar-refractivity contribution in [3.8, 4) is 11.6 Å². The molecule has 2 aromatic carbocycles. The summed E-state index contributed by atoms with van der Waals surface area (Å²) in [5.74, 6) is 1.81. The van der Waals surface area contributed by atoms with Gasteiger partial charge >= 0.3 is 0 Å². The zero-order valence-electron chi connectivity index (χ0n) is 18.3. The summed E-state index contributed by atoms with van der Waals surface area (Å²) >= 11 is 0. The monoisotopic (exact) mass is 416 g/mol. The Balaban J connectivity index is 1.49. The lowest BCUT2D eigenvalue weighted by atomic mass is 9.97. The van der Waals surface area contributed by atoms with E-state index >= 15 is 0 Å². The van der Waals surface area contributed by atoms with E-state index in [1.54, 1.807) is 12.4 Å². The molecule has 2 heterocycles. The molecule has 31 heavy (non-hydrogen) atoms. The van der Waals surface area contributed by atoms with Crippen LogP contribution in [0.5, 0.6) is 11.6 Å². The SMILES string of the molecule is Cc1ccc(NC(=O)[C@@H]2CCCN(c3nccnc3Oc3ccccc3C)C2)cc1C. The number of carbonyl (C=O) groups is 1. The molecular formula is C25H28N4O2. The third-order valence-corrected chi connectivity index (χ3v) is 5.81. The summed E-state index contributed by atoms with van der Waals surface area (Å²) in [6.07, 6.45) is 5.05. The number of aryl methyl sites for hydroxylation is 3.